The highest BCUT2D eigenvalue weighted by Crippen LogP contribution is 2.16. The summed E-state index contributed by atoms with van der Waals surface area (Å²) in [6.07, 6.45) is 2.33. The van der Waals surface area contributed by atoms with E-state index in [4.69, 9.17) is 15.6 Å². The van der Waals surface area contributed by atoms with E-state index in [1.807, 2.05) is 0 Å². The van der Waals surface area contributed by atoms with Gasteiger partial charge in [-0.2, -0.15) is 5.10 Å². The second kappa shape index (κ2) is 5.57. The van der Waals surface area contributed by atoms with Crippen LogP contribution in [0.4, 0.5) is 11.5 Å². The monoisotopic (exact) mass is 214 g/mol. The van der Waals surface area contributed by atoms with Crippen molar-refractivity contribution in [3.05, 3.63) is 6.20 Å². The van der Waals surface area contributed by atoms with Crippen LogP contribution >= 0.6 is 0 Å². The SMILES string of the molecule is COCC(CCO)Nc1nn(C)cc1N. The predicted octanol–water partition coefficient (Wildman–Crippen LogP) is -0.188. The minimum absolute atomic E-state index is 0.0252. The van der Waals surface area contributed by atoms with E-state index in [0.717, 1.165) is 0 Å². The van der Waals surface area contributed by atoms with E-state index in [0.29, 0.717) is 24.5 Å². The zero-order valence-electron chi connectivity index (χ0n) is 9.10. The average molecular weight is 214 g/mol. The highest BCUT2D eigenvalue weighted by Gasteiger charge is 2.11. The molecule has 0 radical (unpaired) electrons. The number of rotatable bonds is 6. The standard InChI is InChI=1S/C9H18N4O2/c1-13-5-8(10)9(12-13)11-7(3-4-14)6-15-2/h5,7,14H,3-4,6,10H2,1-2H3,(H,11,12). The zero-order valence-corrected chi connectivity index (χ0v) is 9.10. The van der Waals surface area contributed by atoms with E-state index in [-0.39, 0.29) is 12.6 Å². The third-order valence-electron chi connectivity index (χ3n) is 2.04. The van der Waals surface area contributed by atoms with Gasteiger partial charge in [0.1, 0.15) is 0 Å². The van der Waals surface area contributed by atoms with Gasteiger partial charge in [0.25, 0.3) is 0 Å². The third kappa shape index (κ3) is 3.41. The number of methoxy groups -OCH3 is 1. The summed E-state index contributed by atoms with van der Waals surface area (Å²) in [6.45, 7) is 0.615. The first-order valence-electron chi connectivity index (χ1n) is 4.82. The number of nitrogen functional groups attached to an aromatic ring is 1. The molecule has 15 heavy (non-hydrogen) atoms. The summed E-state index contributed by atoms with van der Waals surface area (Å²) in [5.41, 5.74) is 6.33. The number of hydrogen-bond acceptors (Lipinski definition) is 5. The van der Waals surface area contributed by atoms with Crippen LogP contribution in [0.5, 0.6) is 0 Å². The van der Waals surface area contributed by atoms with E-state index >= 15 is 0 Å². The molecule has 1 rings (SSSR count). The number of ether oxygens (including phenoxy) is 1. The van der Waals surface area contributed by atoms with Gasteiger partial charge in [0.15, 0.2) is 5.82 Å². The first-order valence-corrected chi connectivity index (χ1v) is 4.82. The normalized spacial score (nSPS) is 12.7. The number of anilines is 2. The second-order valence-electron chi connectivity index (χ2n) is 3.42. The van der Waals surface area contributed by atoms with Crippen molar-refractivity contribution in [3.8, 4) is 0 Å². The van der Waals surface area contributed by atoms with Crippen molar-refractivity contribution in [2.75, 3.05) is 31.4 Å². The summed E-state index contributed by atoms with van der Waals surface area (Å²) >= 11 is 0. The Labute approximate surface area is 89.0 Å². The smallest absolute Gasteiger partial charge is 0.171 e. The maximum absolute atomic E-state index is 8.86. The summed E-state index contributed by atoms with van der Waals surface area (Å²) in [5.74, 6) is 0.632. The van der Waals surface area contributed by atoms with Gasteiger partial charge >= 0.3 is 0 Å². The van der Waals surface area contributed by atoms with Crippen LogP contribution in [0.3, 0.4) is 0 Å². The number of aryl methyl sites for hydroxylation is 1. The fraction of sp³-hybridized carbons (Fsp3) is 0.667. The molecule has 0 bridgehead atoms. The fourth-order valence-electron chi connectivity index (χ4n) is 1.37. The van der Waals surface area contributed by atoms with Crippen LogP contribution in [0.2, 0.25) is 0 Å². The Morgan fingerprint density at radius 3 is 2.93 bits per heavy atom. The minimum atomic E-state index is 0.0252. The highest BCUT2D eigenvalue weighted by atomic mass is 16.5. The Balaban J connectivity index is 2.60. The lowest BCUT2D eigenvalue weighted by molar-refractivity contribution is 0.170. The topological polar surface area (TPSA) is 85.3 Å². The van der Waals surface area contributed by atoms with Gasteiger partial charge in [-0.15, -0.1) is 0 Å². The van der Waals surface area contributed by atoms with Crippen LogP contribution in [0.1, 0.15) is 6.42 Å². The molecule has 1 atom stereocenters. The van der Waals surface area contributed by atoms with Crippen molar-refractivity contribution in [2.45, 2.75) is 12.5 Å². The zero-order chi connectivity index (χ0) is 11.3. The average Bonchev–Trinajstić information content (AvgIpc) is 2.46. The molecule has 0 aliphatic heterocycles. The number of aliphatic hydroxyl groups excluding tert-OH is 1. The molecule has 0 amide bonds. The van der Waals surface area contributed by atoms with Gasteiger partial charge in [0.2, 0.25) is 0 Å². The molecule has 1 aromatic rings. The maximum Gasteiger partial charge on any atom is 0.171 e. The highest BCUT2D eigenvalue weighted by molar-refractivity contribution is 5.60. The number of nitrogens with two attached hydrogens (primary N) is 1. The lowest BCUT2D eigenvalue weighted by Crippen LogP contribution is -2.26. The van der Waals surface area contributed by atoms with Crippen LogP contribution in [-0.4, -0.2) is 41.3 Å². The van der Waals surface area contributed by atoms with E-state index in [1.54, 1.807) is 25.0 Å². The molecule has 1 heterocycles. The molecule has 0 aliphatic carbocycles. The number of nitrogens with zero attached hydrogens (tertiary/aromatic N) is 2. The molecule has 0 saturated carbocycles. The Bertz CT molecular complexity index is 294. The van der Waals surface area contributed by atoms with Gasteiger partial charge in [0, 0.05) is 27.0 Å². The number of aliphatic hydroxyl groups is 1. The van der Waals surface area contributed by atoms with Crippen LogP contribution in [0.15, 0.2) is 6.20 Å². The van der Waals surface area contributed by atoms with Gasteiger partial charge in [0.05, 0.1) is 18.3 Å². The molecular formula is C9H18N4O2. The van der Waals surface area contributed by atoms with Crippen LogP contribution in [0.25, 0.3) is 0 Å². The molecule has 6 nitrogen and oxygen atoms in total. The maximum atomic E-state index is 8.86. The summed E-state index contributed by atoms with van der Waals surface area (Å²) in [5, 5.41) is 16.1. The number of aromatic nitrogens is 2. The van der Waals surface area contributed by atoms with Crippen LogP contribution in [0, 0.1) is 0 Å². The van der Waals surface area contributed by atoms with Gasteiger partial charge in [-0.05, 0) is 6.42 Å². The molecule has 0 aromatic carbocycles. The molecule has 0 saturated heterocycles. The Morgan fingerprint density at radius 2 is 2.47 bits per heavy atom. The van der Waals surface area contributed by atoms with Gasteiger partial charge < -0.3 is 20.9 Å². The summed E-state index contributed by atoms with van der Waals surface area (Å²) < 4.78 is 6.67. The van der Waals surface area contributed by atoms with E-state index < -0.39 is 0 Å². The van der Waals surface area contributed by atoms with Crippen molar-refractivity contribution in [3.63, 3.8) is 0 Å². The largest absolute Gasteiger partial charge is 0.396 e. The molecule has 1 aromatic heterocycles. The van der Waals surface area contributed by atoms with Crippen molar-refractivity contribution >= 4 is 11.5 Å². The van der Waals surface area contributed by atoms with Crippen LogP contribution < -0.4 is 11.1 Å². The molecule has 0 aliphatic rings. The van der Waals surface area contributed by atoms with Crippen molar-refractivity contribution in [1.82, 2.24) is 9.78 Å². The lowest BCUT2D eigenvalue weighted by atomic mass is 10.2. The molecule has 1 unspecified atom stereocenters. The quantitative estimate of drug-likeness (QED) is 0.611. The molecule has 4 N–H and O–H groups in total. The molecule has 6 heteroatoms. The number of nitrogens with one attached hydrogen (secondary N) is 1. The lowest BCUT2D eigenvalue weighted by Gasteiger charge is -2.16. The summed E-state index contributed by atoms with van der Waals surface area (Å²) in [6, 6.07) is 0.0252. The van der Waals surface area contributed by atoms with Gasteiger partial charge in [-0.3, -0.25) is 4.68 Å². The molecule has 0 fully saturated rings. The number of hydrogen-bond donors (Lipinski definition) is 3. The third-order valence-corrected chi connectivity index (χ3v) is 2.04. The molecular weight excluding hydrogens is 196 g/mol. The van der Waals surface area contributed by atoms with Crippen LogP contribution in [-0.2, 0) is 11.8 Å². The van der Waals surface area contributed by atoms with Crippen molar-refractivity contribution < 1.29 is 9.84 Å². The van der Waals surface area contributed by atoms with E-state index in [9.17, 15) is 0 Å². The minimum Gasteiger partial charge on any atom is -0.396 e. The molecule has 0 spiro atoms. The Kier molecular flexibility index (Phi) is 4.38. The predicted molar refractivity (Wildman–Crippen MR) is 58.6 cm³/mol. The fourth-order valence-corrected chi connectivity index (χ4v) is 1.37. The Morgan fingerprint density at radius 1 is 1.73 bits per heavy atom. The first kappa shape index (κ1) is 11.8. The van der Waals surface area contributed by atoms with Crippen molar-refractivity contribution in [1.29, 1.82) is 0 Å². The van der Waals surface area contributed by atoms with Gasteiger partial charge in [-0.25, -0.2) is 0 Å². The molecule has 86 valence electrons. The van der Waals surface area contributed by atoms with E-state index in [2.05, 4.69) is 10.4 Å². The summed E-state index contributed by atoms with van der Waals surface area (Å²) in [4.78, 5) is 0. The Hall–Kier alpha value is -1.27. The van der Waals surface area contributed by atoms with E-state index in [1.165, 1.54) is 0 Å². The van der Waals surface area contributed by atoms with Gasteiger partial charge in [-0.1, -0.05) is 0 Å². The van der Waals surface area contributed by atoms with Crippen molar-refractivity contribution in [2.24, 2.45) is 7.05 Å². The second-order valence-corrected chi connectivity index (χ2v) is 3.42. The first-order chi connectivity index (χ1) is 7.17. The summed E-state index contributed by atoms with van der Waals surface area (Å²) in [7, 11) is 3.42.